The quantitative estimate of drug-likeness (QED) is 0.670. The third-order valence-electron chi connectivity index (χ3n) is 2.68. The molecular weight excluding hydrogens is 310 g/mol. The summed E-state index contributed by atoms with van der Waals surface area (Å²) in [7, 11) is 0. The lowest BCUT2D eigenvalue weighted by molar-refractivity contribution is -0.384. The van der Waals surface area contributed by atoms with Gasteiger partial charge in [-0.3, -0.25) is 20.2 Å². The van der Waals surface area contributed by atoms with E-state index >= 15 is 0 Å². The number of carbonyl (C=O) groups excluding carboxylic acids is 2. The fourth-order valence-corrected chi connectivity index (χ4v) is 1.87. The zero-order valence-electron chi connectivity index (χ0n) is 11.1. The third-order valence-corrected chi connectivity index (χ3v) is 3.01. The van der Waals surface area contributed by atoms with Crippen molar-refractivity contribution in [1.29, 1.82) is 0 Å². The molecule has 0 atom stereocenters. The molecule has 0 fully saturated rings. The van der Waals surface area contributed by atoms with Crippen LogP contribution in [0.5, 0.6) is 0 Å². The van der Waals surface area contributed by atoms with Crippen molar-refractivity contribution in [2.45, 2.75) is 0 Å². The van der Waals surface area contributed by atoms with Crippen molar-refractivity contribution in [3.8, 4) is 0 Å². The lowest BCUT2D eigenvalue weighted by Crippen LogP contribution is -2.34. The zero-order chi connectivity index (χ0) is 16.1. The molecule has 0 bridgehead atoms. The SMILES string of the molecule is O=C(NC(=O)c1ccccc1Cl)Nc1ccc([N+](=O)[O-])cc1. The second kappa shape index (κ2) is 6.68. The highest BCUT2D eigenvalue weighted by Crippen LogP contribution is 2.16. The van der Waals surface area contributed by atoms with Crippen LogP contribution in [0.2, 0.25) is 5.02 Å². The average Bonchev–Trinajstić information content (AvgIpc) is 2.48. The molecule has 2 aromatic carbocycles. The average molecular weight is 320 g/mol. The second-order valence-electron chi connectivity index (χ2n) is 4.19. The minimum atomic E-state index is -0.765. The van der Waals surface area contributed by atoms with E-state index in [2.05, 4.69) is 10.6 Å². The van der Waals surface area contributed by atoms with Gasteiger partial charge in [-0.25, -0.2) is 4.79 Å². The topological polar surface area (TPSA) is 101 Å². The van der Waals surface area contributed by atoms with Gasteiger partial charge in [0, 0.05) is 17.8 Å². The fraction of sp³-hybridized carbons (Fsp3) is 0. The van der Waals surface area contributed by atoms with E-state index in [1.807, 2.05) is 0 Å². The molecule has 7 nitrogen and oxygen atoms in total. The summed E-state index contributed by atoms with van der Waals surface area (Å²) < 4.78 is 0. The molecule has 0 aromatic heterocycles. The van der Waals surface area contributed by atoms with Gasteiger partial charge in [0.05, 0.1) is 15.5 Å². The second-order valence-corrected chi connectivity index (χ2v) is 4.60. The van der Waals surface area contributed by atoms with Crippen molar-refractivity contribution in [1.82, 2.24) is 5.32 Å². The van der Waals surface area contributed by atoms with Crippen LogP contribution in [0, 0.1) is 10.1 Å². The number of halogens is 1. The molecule has 0 radical (unpaired) electrons. The summed E-state index contributed by atoms with van der Waals surface area (Å²) in [5, 5.41) is 15.2. The molecule has 0 aliphatic carbocycles. The van der Waals surface area contributed by atoms with E-state index < -0.39 is 16.9 Å². The molecule has 2 aromatic rings. The number of nitrogens with zero attached hydrogens (tertiary/aromatic N) is 1. The third kappa shape index (κ3) is 3.80. The monoisotopic (exact) mass is 319 g/mol. The number of non-ortho nitro benzene ring substituents is 1. The number of nitrogens with one attached hydrogen (secondary N) is 2. The molecule has 2 N–H and O–H groups in total. The van der Waals surface area contributed by atoms with Gasteiger partial charge in [0.15, 0.2) is 0 Å². The highest BCUT2D eigenvalue weighted by molar-refractivity contribution is 6.34. The first-order chi connectivity index (χ1) is 10.5. The summed E-state index contributed by atoms with van der Waals surface area (Å²) in [6.45, 7) is 0. The van der Waals surface area contributed by atoms with Crippen LogP contribution in [0.4, 0.5) is 16.2 Å². The smallest absolute Gasteiger partial charge is 0.308 e. The van der Waals surface area contributed by atoms with E-state index in [0.717, 1.165) is 0 Å². The largest absolute Gasteiger partial charge is 0.326 e. The number of urea groups is 1. The minimum absolute atomic E-state index is 0.0990. The van der Waals surface area contributed by atoms with Gasteiger partial charge in [-0.15, -0.1) is 0 Å². The molecule has 3 amide bonds. The summed E-state index contributed by atoms with van der Waals surface area (Å²) in [5.74, 6) is -0.648. The van der Waals surface area contributed by atoms with Gasteiger partial charge < -0.3 is 5.32 Å². The van der Waals surface area contributed by atoms with Crippen LogP contribution in [0.1, 0.15) is 10.4 Å². The maximum atomic E-state index is 11.9. The number of carbonyl (C=O) groups is 2. The number of rotatable bonds is 3. The van der Waals surface area contributed by atoms with E-state index in [-0.39, 0.29) is 16.3 Å². The lowest BCUT2D eigenvalue weighted by atomic mass is 10.2. The van der Waals surface area contributed by atoms with Crippen molar-refractivity contribution < 1.29 is 14.5 Å². The molecule has 0 aliphatic rings. The maximum Gasteiger partial charge on any atom is 0.326 e. The Kier molecular flexibility index (Phi) is 4.70. The minimum Gasteiger partial charge on any atom is -0.308 e. The lowest BCUT2D eigenvalue weighted by Gasteiger charge is -2.07. The summed E-state index contributed by atoms with van der Waals surface area (Å²) in [6, 6.07) is 10.7. The molecule has 0 heterocycles. The fourth-order valence-electron chi connectivity index (χ4n) is 1.64. The Bertz CT molecular complexity index is 731. The molecule has 0 saturated heterocycles. The molecule has 0 spiro atoms. The molecule has 0 unspecified atom stereocenters. The molecule has 22 heavy (non-hydrogen) atoms. The summed E-state index contributed by atoms with van der Waals surface area (Å²) in [6.07, 6.45) is 0. The Morgan fingerprint density at radius 1 is 1.05 bits per heavy atom. The number of nitro groups is 1. The van der Waals surface area contributed by atoms with Gasteiger partial charge >= 0.3 is 6.03 Å². The van der Waals surface area contributed by atoms with Gasteiger partial charge in [-0.2, -0.15) is 0 Å². The standard InChI is InChI=1S/C14H10ClN3O4/c15-12-4-2-1-3-11(12)13(19)17-14(20)16-9-5-7-10(8-6-9)18(21)22/h1-8H,(H2,16,17,19,20). The van der Waals surface area contributed by atoms with Gasteiger partial charge in [-0.05, 0) is 24.3 Å². The van der Waals surface area contributed by atoms with Crippen LogP contribution in [0.3, 0.4) is 0 Å². The maximum absolute atomic E-state index is 11.9. The first-order valence-corrected chi connectivity index (χ1v) is 6.46. The number of anilines is 1. The number of amides is 3. The Morgan fingerprint density at radius 2 is 1.68 bits per heavy atom. The Hall–Kier alpha value is -2.93. The highest BCUT2D eigenvalue weighted by Gasteiger charge is 2.13. The van der Waals surface area contributed by atoms with Crippen molar-refractivity contribution in [3.05, 3.63) is 69.2 Å². The normalized spacial score (nSPS) is 9.86. The van der Waals surface area contributed by atoms with Gasteiger partial charge in [0.2, 0.25) is 0 Å². The van der Waals surface area contributed by atoms with Crippen molar-refractivity contribution in [3.63, 3.8) is 0 Å². The summed E-state index contributed by atoms with van der Waals surface area (Å²) in [5.41, 5.74) is 0.385. The first kappa shape index (κ1) is 15.5. The Balaban J connectivity index is 1.99. The van der Waals surface area contributed by atoms with E-state index in [4.69, 9.17) is 11.6 Å². The van der Waals surface area contributed by atoms with Gasteiger partial charge in [0.1, 0.15) is 0 Å². The van der Waals surface area contributed by atoms with Crippen LogP contribution in [-0.4, -0.2) is 16.9 Å². The van der Waals surface area contributed by atoms with Crippen molar-refractivity contribution in [2.24, 2.45) is 0 Å². The van der Waals surface area contributed by atoms with Gasteiger partial charge in [-0.1, -0.05) is 23.7 Å². The van der Waals surface area contributed by atoms with Crippen LogP contribution >= 0.6 is 11.6 Å². The Labute approximate surface area is 130 Å². The number of nitro benzene ring substituents is 1. The van der Waals surface area contributed by atoms with E-state index in [1.165, 1.54) is 36.4 Å². The first-order valence-electron chi connectivity index (χ1n) is 6.08. The predicted molar refractivity (Wildman–Crippen MR) is 81.0 cm³/mol. The molecule has 2 rings (SSSR count). The molecule has 0 saturated carbocycles. The number of benzene rings is 2. The molecular formula is C14H10ClN3O4. The van der Waals surface area contributed by atoms with E-state index in [0.29, 0.717) is 5.69 Å². The predicted octanol–water partition coefficient (Wildman–Crippen LogP) is 3.21. The summed E-state index contributed by atoms with van der Waals surface area (Å²) >= 11 is 5.85. The van der Waals surface area contributed by atoms with Crippen LogP contribution < -0.4 is 10.6 Å². The van der Waals surface area contributed by atoms with E-state index in [9.17, 15) is 19.7 Å². The van der Waals surface area contributed by atoms with E-state index in [1.54, 1.807) is 12.1 Å². The molecule has 0 aliphatic heterocycles. The van der Waals surface area contributed by atoms with Gasteiger partial charge in [0.25, 0.3) is 11.6 Å². The summed E-state index contributed by atoms with van der Waals surface area (Å²) in [4.78, 5) is 33.5. The van der Waals surface area contributed by atoms with Crippen LogP contribution in [0.25, 0.3) is 0 Å². The van der Waals surface area contributed by atoms with Crippen LogP contribution in [0.15, 0.2) is 48.5 Å². The van der Waals surface area contributed by atoms with Crippen LogP contribution in [-0.2, 0) is 0 Å². The number of imide groups is 1. The zero-order valence-corrected chi connectivity index (χ0v) is 11.8. The number of hydrogen-bond donors (Lipinski definition) is 2. The van der Waals surface area contributed by atoms with Crippen molar-refractivity contribution in [2.75, 3.05) is 5.32 Å². The van der Waals surface area contributed by atoms with Crippen molar-refractivity contribution >= 4 is 34.9 Å². The Morgan fingerprint density at radius 3 is 2.27 bits per heavy atom. The number of hydrogen-bond acceptors (Lipinski definition) is 4. The molecule has 8 heteroatoms. The molecule has 112 valence electrons. The highest BCUT2D eigenvalue weighted by atomic mass is 35.5.